The fourth-order valence-electron chi connectivity index (χ4n) is 3.36. The van der Waals surface area contributed by atoms with Crippen molar-refractivity contribution in [2.45, 2.75) is 31.1 Å². The van der Waals surface area contributed by atoms with Crippen molar-refractivity contribution in [1.82, 2.24) is 24.8 Å². The summed E-state index contributed by atoms with van der Waals surface area (Å²) >= 11 is 2.18. The number of hydrogen-bond donors (Lipinski definition) is 5. The number of nitrogens with two attached hydrogens (primary N) is 1. The van der Waals surface area contributed by atoms with Crippen molar-refractivity contribution >= 4 is 51.4 Å². The summed E-state index contributed by atoms with van der Waals surface area (Å²) in [5, 5.41) is 26.4. The summed E-state index contributed by atoms with van der Waals surface area (Å²) in [5.41, 5.74) is 8.50. The van der Waals surface area contributed by atoms with E-state index in [9.17, 15) is 15.0 Å². The molecule has 0 unspecified atom stereocenters. The van der Waals surface area contributed by atoms with Gasteiger partial charge in [-0.25, -0.2) is 19.7 Å². The molecule has 3 aromatic rings. The molecule has 0 radical (unpaired) electrons. The van der Waals surface area contributed by atoms with Crippen molar-refractivity contribution in [2.24, 2.45) is 0 Å². The molecule has 0 bridgehead atoms. The van der Waals surface area contributed by atoms with E-state index in [-0.39, 0.29) is 6.61 Å². The number of carbonyl (C=O) groups excluding carboxylic acids is 1. The maximum absolute atomic E-state index is 11.3. The van der Waals surface area contributed by atoms with Gasteiger partial charge in [0.2, 0.25) is 0 Å². The van der Waals surface area contributed by atoms with Gasteiger partial charge in [-0.3, -0.25) is 4.57 Å². The first kappa shape index (κ1) is 22.4. The number of carbonyl (C=O) groups is 1. The Labute approximate surface area is 196 Å². The Morgan fingerprint density at radius 3 is 2.88 bits per heavy atom. The Morgan fingerprint density at radius 1 is 1.31 bits per heavy atom. The molecule has 0 saturated carbocycles. The number of nitrogens with zero attached hydrogens (tertiary/aromatic N) is 4. The molecule has 2 aromatic heterocycles. The van der Waals surface area contributed by atoms with Gasteiger partial charge >= 0.3 is 6.09 Å². The van der Waals surface area contributed by atoms with Crippen molar-refractivity contribution < 1.29 is 24.5 Å². The molecular weight excluding hydrogens is 533 g/mol. The average molecular weight is 555 g/mol. The van der Waals surface area contributed by atoms with Crippen LogP contribution in [0.3, 0.4) is 0 Å². The fraction of sp³-hybridized carbons (Fsp3) is 0.368. The molecule has 4 atom stereocenters. The Morgan fingerprint density at radius 2 is 2.12 bits per heavy atom. The second-order valence-corrected chi connectivity index (χ2v) is 8.31. The van der Waals surface area contributed by atoms with Gasteiger partial charge in [-0.1, -0.05) is 6.07 Å². The number of anilines is 2. The summed E-state index contributed by atoms with van der Waals surface area (Å²) in [4.78, 5) is 24.2. The van der Waals surface area contributed by atoms with E-state index >= 15 is 0 Å². The molecule has 170 valence electrons. The normalized spacial score (nSPS) is 22.8. The van der Waals surface area contributed by atoms with Crippen LogP contribution in [0.25, 0.3) is 11.2 Å². The number of aliphatic hydroxyl groups is 2. The summed E-state index contributed by atoms with van der Waals surface area (Å²) in [7, 11) is 1.42. The minimum absolute atomic E-state index is 0.219. The van der Waals surface area contributed by atoms with E-state index < -0.39 is 30.6 Å². The number of hydrogen-bond acceptors (Lipinski definition) is 10. The summed E-state index contributed by atoms with van der Waals surface area (Å²) < 4.78 is 13.2. The zero-order chi connectivity index (χ0) is 22.8. The summed E-state index contributed by atoms with van der Waals surface area (Å²) in [6.45, 7) is 0.276. The minimum atomic E-state index is -1.27. The van der Waals surface area contributed by atoms with Crippen LogP contribution in [0, 0.1) is 3.57 Å². The van der Waals surface area contributed by atoms with Crippen molar-refractivity contribution in [3.8, 4) is 0 Å². The van der Waals surface area contributed by atoms with Crippen LogP contribution in [0.5, 0.6) is 0 Å². The number of amides is 1. The van der Waals surface area contributed by atoms with Gasteiger partial charge in [-0.05, 0) is 40.3 Å². The van der Waals surface area contributed by atoms with Crippen LogP contribution in [0.1, 0.15) is 11.8 Å². The lowest BCUT2D eigenvalue weighted by atomic mass is 10.1. The maximum Gasteiger partial charge on any atom is 0.406 e. The van der Waals surface area contributed by atoms with Crippen LogP contribution in [0.15, 0.2) is 30.9 Å². The zero-order valence-electron chi connectivity index (χ0n) is 17.0. The van der Waals surface area contributed by atoms with Crippen LogP contribution < -0.4 is 16.4 Å². The quantitative estimate of drug-likeness (QED) is 0.215. The van der Waals surface area contributed by atoms with E-state index in [1.807, 2.05) is 18.2 Å². The molecule has 12 nitrogen and oxygen atoms in total. The van der Waals surface area contributed by atoms with E-state index in [1.165, 1.54) is 24.3 Å². The van der Waals surface area contributed by atoms with E-state index in [2.05, 4.69) is 48.2 Å². The number of aromatic nitrogens is 4. The van der Waals surface area contributed by atoms with Gasteiger partial charge in [0.15, 0.2) is 23.2 Å². The molecule has 32 heavy (non-hydrogen) atoms. The van der Waals surface area contributed by atoms with Gasteiger partial charge in [-0.15, -0.1) is 0 Å². The Hall–Kier alpha value is -2.75. The molecule has 3 heterocycles. The number of aliphatic hydroxyl groups excluding tert-OH is 2. The predicted molar refractivity (Wildman–Crippen MR) is 123 cm³/mol. The molecule has 13 heteroatoms. The molecule has 1 aliphatic rings. The molecule has 4 rings (SSSR count). The topological polar surface area (TPSA) is 170 Å². The van der Waals surface area contributed by atoms with E-state index in [4.69, 9.17) is 15.2 Å². The van der Waals surface area contributed by atoms with Gasteiger partial charge in [0, 0.05) is 22.8 Å². The number of benzene rings is 1. The predicted octanol–water partition coefficient (Wildman–Crippen LogP) is 0.600. The minimum Gasteiger partial charge on any atom is -0.447 e. The van der Waals surface area contributed by atoms with Crippen LogP contribution in [0.2, 0.25) is 0 Å². The van der Waals surface area contributed by atoms with Crippen molar-refractivity contribution in [2.75, 3.05) is 24.7 Å². The third-order valence-corrected chi connectivity index (χ3v) is 6.01. The number of nitrogens with one attached hydrogen (secondary N) is 2. The average Bonchev–Trinajstić information content (AvgIpc) is 3.34. The number of ether oxygens (including phenoxy) is 2. The lowest BCUT2D eigenvalue weighted by molar-refractivity contribution is -0.0531. The van der Waals surface area contributed by atoms with Crippen LogP contribution in [-0.4, -0.2) is 67.8 Å². The Kier molecular flexibility index (Phi) is 6.59. The Bertz CT molecular complexity index is 1130. The van der Waals surface area contributed by atoms with Crippen molar-refractivity contribution in [1.29, 1.82) is 0 Å². The first-order valence-electron chi connectivity index (χ1n) is 9.70. The lowest BCUT2D eigenvalue weighted by Gasteiger charge is -2.16. The molecule has 0 spiro atoms. The van der Waals surface area contributed by atoms with Crippen LogP contribution >= 0.6 is 22.6 Å². The summed E-state index contributed by atoms with van der Waals surface area (Å²) in [6, 6.07) is 5.75. The second-order valence-electron chi connectivity index (χ2n) is 7.15. The van der Waals surface area contributed by atoms with Gasteiger partial charge < -0.3 is 36.1 Å². The highest BCUT2D eigenvalue weighted by molar-refractivity contribution is 14.1. The third kappa shape index (κ3) is 4.41. The molecule has 1 amide bonds. The molecule has 1 aromatic carbocycles. The van der Waals surface area contributed by atoms with Crippen LogP contribution in [0.4, 0.5) is 16.3 Å². The van der Waals surface area contributed by atoms with Crippen molar-refractivity contribution in [3.63, 3.8) is 0 Å². The molecule has 1 fully saturated rings. The number of halogens is 1. The monoisotopic (exact) mass is 555 g/mol. The van der Waals surface area contributed by atoms with Crippen molar-refractivity contribution in [3.05, 3.63) is 40.0 Å². The number of rotatable bonds is 6. The van der Waals surface area contributed by atoms with Gasteiger partial charge in [-0.2, -0.15) is 0 Å². The van der Waals surface area contributed by atoms with Gasteiger partial charge in [0.1, 0.15) is 31.2 Å². The highest BCUT2D eigenvalue weighted by Gasteiger charge is 2.45. The van der Waals surface area contributed by atoms with Gasteiger partial charge in [0.25, 0.3) is 0 Å². The first-order chi connectivity index (χ1) is 15.4. The maximum atomic E-state index is 11.3. The number of imidazole rings is 1. The summed E-state index contributed by atoms with van der Waals surface area (Å²) in [5.74, 6) is 0.508. The van der Waals surface area contributed by atoms with E-state index in [0.717, 1.165) is 9.13 Å². The number of fused-ring (bicyclic) bond motifs is 1. The molecule has 1 saturated heterocycles. The van der Waals surface area contributed by atoms with E-state index in [0.29, 0.717) is 29.2 Å². The molecule has 6 N–H and O–H groups in total. The highest BCUT2D eigenvalue weighted by Crippen LogP contribution is 2.32. The number of alkyl carbamates (subject to hydrolysis) is 1. The third-order valence-electron chi connectivity index (χ3n) is 5.08. The summed E-state index contributed by atoms with van der Waals surface area (Å²) in [6.07, 6.45) is -2.22. The van der Waals surface area contributed by atoms with Gasteiger partial charge in [0.05, 0.1) is 6.33 Å². The Balaban J connectivity index is 1.52. The highest BCUT2D eigenvalue weighted by atomic mass is 127. The van der Waals surface area contributed by atoms with E-state index in [1.54, 1.807) is 0 Å². The largest absolute Gasteiger partial charge is 0.447 e. The van der Waals surface area contributed by atoms with Crippen LogP contribution in [-0.2, 0) is 16.0 Å². The first-order valence-corrected chi connectivity index (χ1v) is 10.8. The lowest BCUT2D eigenvalue weighted by Crippen LogP contribution is -2.35. The zero-order valence-corrected chi connectivity index (χ0v) is 19.1. The SMILES string of the molecule is CNC(=O)OC[C@H]1O[C@@H](n2cnc3c(NCc4ccc(N)c(I)c4)ncnc32)[C@H](O)[C@@H]1O. The molecular formula is C19H22IN7O5. The second kappa shape index (κ2) is 9.40. The molecule has 1 aliphatic heterocycles. The number of nitrogen functional groups attached to an aromatic ring is 1. The standard InChI is InChI=1S/C19H22IN7O5/c1-22-19(30)31-6-12-14(28)15(29)18(32-12)27-8-26-13-16(24-7-25-17(13)27)23-5-9-2-3-11(21)10(20)4-9/h2-4,7-8,12,14-15,18,28-29H,5-6,21H2,1H3,(H,22,30)(H,23,24,25)/t12-,14-,15-,18-/m1/s1. The smallest absolute Gasteiger partial charge is 0.406 e. The fourth-order valence-corrected chi connectivity index (χ4v) is 3.94. The molecule has 0 aliphatic carbocycles.